The minimum atomic E-state index is 0.0148. The van der Waals surface area contributed by atoms with Crippen molar-refractivity contribution in [3.8, 4) is 0 Å². The highest BCUT2D eigenvalue weighted by Crippen LogP contribution is 2.44. The summed E-state index contributed by atoms with van der Waals surface area (Å²) in [6, 6.07) is 0. The molecule has 2 aliphatic heterocycles. The molecule has 3 atom stereocenters. The van der Waals surface area contributed by atoms with Crippen LogP contribution in [0, 0.1) is 5.41 Å². The molecule has 4 heteroatoms. The summed E-state index contributed by atoms with van der Waals surface area (Å²) < 4.78 is 5.90. The van der Waals surface area contributed by atoms with Crippen molar-refractivity contribution >= 4 is 5.78 Å². The van der Waals surface area contributed by atoms with Crippen LogP contribution in [0.1, 0.15) is 67.3 Å². The zero-order valence-corrected chi connectivity index (χ0v) is 12.1. The standard InChI is InChI=1S/C16H20N2O2/c1-16(2)6-12-11(13(19)7-16)8-17-15(18-12)10-5-9-3-4-14(10)20-9/h8-10,14H,3-7H2,1-2H3. The van der Waals surface area contributed by atoms with Gasteiger partial charge in [0.1, 0.15) is 5.82 Å². The molecule has 2 fully saturated rings. The molecule has 1 aromatic heterocycles. The fraction of sp³-hybridized carbons (Fsp3) is 0.688. The molecule has 2 bridgehead atoms. The van der Waals surface area contributed by atoms with E-state index in [1.165, 1.54) is 6.42 Å². The van der Waals surface area contributed by atoms with Crippen molar-refractivity contribution in [1.82, 2.24) is 9.97 Å². The van der Waals surface area contributed by atoms with Gasteiger partial charge in [0.25, 0.3) is 0 Å². The van der Waals surface area contributed by atoms with Crippen molar-refractivity contribution in [3.05, 3.63) is 23.3 Å². The highest BCUT2D eigenvalue weighted by molar-refractivity contribution is 5.98. The third kappa shape index (κ3) is 1.89. The zero-order valence-electron chi connectivity index (χ0n) is 12.1. The van der Waals surface area contributed by atoms with Gasteiger partial charge >= 0.3 is 0 Å². The van der Waals surface area contributed by atoms with E-state index < -0.39 is 0 Å². The lowest BCUT2D eigenvalue weighted by molar-refractivity contribution is 0.0909. The van der Waals surface area contributed by atoms with Gasteiger partial charge in [-0.25, -0.2) is 9.97 Å². The third-order valence-corrected chi connectivity index (χ3v) is 4.91. The summed E-state index contributed by atoms with van der Waals surface area (Å²) in [5.41, 5.74) is 1.69. The first kappa shape index (κ1) is 12.5. The van der Waals surface area contributed by atoms with Crippen LogP contribution < -0.4 is 0 Å². The van der Waals surface area contributed by atoms with Gasteiger partial charge in [0.15, 0.2) is 5.78 Å². The summed E-state index contributed by atoms with van der Waals surface area (Å²) in [6.45, 7) is 4.27. The van der Waals surface area contributed by atoms with Crippen molar-refractivity contribution in [2.75, 3.05) is 0 Å². The van der Waals surface area contributed by atoms with Crippen molar-refractivity contribution in [3.63, 3.8) is 0 Å². The maximum Gasteiger partial charge on any atom is 0.166 e. The number of ketones is 1. The van der Waals surface area contributed by atoms with E-state index in [4.69, 9.17) is 9.72 Å². The Morgan fingerprint density at radius 1 is 1.30 bits per heavy atom. The normalized spacial score (nSPS) is 34.3. The first-order valence-electron chi connectivity index (χ1n) is 7.56. The number of aromatic nitrogens is 2. The number of ether oxygens (including phenoxy) is 1. The van der Waals surface area contributed by atoms with Crippen molar-refractivity contribution < 1.29 is 9.53 Å². The number of fused-ring (bicyclic) bond motifs is 3. The summed E-state index contributed by atoms with van der Waals surface area (Å²) in [7, 11) is 0. The van der Waals surface area contributed by atoms with Crippen molar-refractivity contribution in [1.29, 1.82) is 0 Å². The Balaban J connectivity index is 1.69. The smallest absolute Gasteiger partial charge is 0.166 e. The van der Waals surface area contributed by atoms with E-state index in [0.717, 1.165) is 36.3 Å². The molecule has 3 aliphatic rings. The predicted octanol–water partition coefficient (Wildman–Crippen LogP) is 2.67. The van der Waals surface area contributed by atoms with Gasteiger partial charge in [0, 0.05) is 18.5 Å². The van der Waals surface area contributed by atoms with E-state index in [1.807, 2.05) is 0 Å². The third-order valence-electron chi connectivity index (χ3n) is 4.91. The molecule has 4 rings (SSSR count). The Morgan fingerprint density at radius 2 is 2.15 bits per heavy atom. The molecule has 1 aromatic rings. The van der Waals surface area contributed by atoms with Gasteiger partial charge < -0.3 is 4.74 Å². The van der Waals surface area contributed by atoms with E-state index in [9.17, 15) is 4.79 Å². The SMILES string of the molecule is CC1(C)CC(=O)c2cnc(C3CC4CCC3O4)nc2C1. The number of carbonyl (C=O) groups is 1. The van der Waals surface area contributed by atoms with Crippen LogP contribution in [0.15, 0.2) is 6.20 Å². The predicted molar refractivity (Wildman–Crippen MR) is 73.7 cm³/mol. The number of rotatable bonds is 1. The van der Waals surface area contributed by atoms with Crippen molar-refractivity contribution in [2.45, 2.75) is 64.1 Å². The minimum Gasteiger partial charge on any atom is -0.374 e. The van der Waals surface area contributed by atoms with Gasteiger partial charge in [-0.3, -0.25) is 4.79 Å². The molecule has 0 saturated carbocycles. The monoisotopic (exact) mass is 272 g/mol. The molecule has 20 heavy (non-hydrogen) atoms. The molecular weight excluding hydrogens is 252 g/mol. The Morgan fingerprint density at radius 3 is 2.85 bits per heavy atom. The molecule has 3 unspecified atom stereocenters. The molecule has 2 saturated heterocycles. The average molecular weight is 272 g/mol. The maximum atomic E-state index is 12.2. The van der Waals surface area contributed by atoms with Gasteiger partial charge in [-0.2, -0.15) is 0 Å². The quantitative estimate of drug-likeness (QED) is 0.788. The van der Waals surface area contributed by atoms with Crippen LogP contribution in [0.4, 0.5) is 0 Å². The number of nitrogens with zero attached hydrogens (tertiary/aromatic N) is 2. The second-order valence-corrected chi connectivity index (χ2v) is 7.25. The summed E-state index contributed by atoms with van der Waals surface area (Å²) in [6.07, 6.45) is 7.26. The van der Waals surface area contributed by atoms with Crippen LogP contribution in [0.25, 0.3) is 0 Å². The van der Waals surface area contributed by atoms with Gasteiger partial charge in [0.2, 0.25) is 0 Å². The highest BCUT2D eigenvalue weighted by Gasteiger charge is 2.43. The number of carbonyl (C=O) groups excluding carboxylic acids is 1. The highest BCUT2D eigenvalue weighted by atomic mass is 16.5. The van der Waals surface area contributed by atoms with E-state index in [-0.39, 0.29) is 11.2 Å². The summed E-state index contributed by atoms with van der Waals surface area (Å²) in [4.78, 5) is 21.4. The molecule has 0 radical (unpaired) electrons. The summed E-state index contributed by atoms with van der Waals surface area (Å²) in [5.74, 6) is 1.41. The first-order chi connectivity index (χ1) is 9.52. The molecule has 0 aromatic carbocycles. The Kier molecular flexibility index (Phi) is 2.56. The Labute approximate surface area is 119 Å². The van der Waals surface area contributed by atoms with E-state index in [2.05, 4.69) is 18.8 Å². The molecule has 1 aliphatic carbocycles. The fourth-order valence-electron chi connectivity index (χ4n) is 3.93. The number of hydrogen-bond donors (Lipinski definition) is 0. The Bertz CT molecular complexity index is 582. The van der Waals surface area contributed by atoms with Crippen LogP contribution in [0.2, 0.25) is 0 Å². The van der Waals surface area contributed by atoms with E-state index in [1.54, 1.807) is 6.20 Å². The number of Topliss-reactive ketones (excluding diaryl/α,β-unsaturated/α-hetero) is 1. The van der Waals surface area contributed by atoms with Crippen molar-refractivity contribution in [2.24, 2.45) is 5.41 Å². The first-order valence-corrected chi connectivity index (χ1v) is 7.56. The lowest BCUT2D eigenvalue weighted by Gasteiger charge is -2.29. The molecule has 4 nitrogen and oxygen atoms in total. The summed E-state index contributed by atoms with van der Waals surface area (Å²) in [5, 5.41) is 0. The van der Waals surface area contributed by atoms with Crippen LogP contribution in [0.3, 0.4) is 0 Å². The molecule has 106 valence electrons. The summed E-state index contributed by atoms with van der Waals surface area (Å²) >= 11 is 0. The molecule has 0 amide bonds. The Hall–Kier alpha value is -1.29. The molecule has 0 spiro atoms. The molecular formula is C16H20N2O2. The second-order valence-electron chi connectivity index (χ2n) is 7.25. The maximum absolute atomic E-state index is 12.2. The molecule has 0 N–H and O–H groups in total. The molecule has 3 heterocycles. The van der Waals surface area contributed by atoms with Gasteiger partial charge in [0.05, 0.1) is 23.5 Å². The van der Waals surface area contributed by atoms with Crippen LogP contribution >= 0.6 is 0 Å². The van der Waals surface area contributed by atoms with Gasteiger partial charge in [-0.1, -0.05) is 13.8 Å². The fourth-order valence-corrected chi connectivity index (χ4v) is 3.93. The van der Waals surface area contributed by atoms with E-state index in [0.29, 0.717) is 24.5 Å². The van der Waals surface area contributed by atoms with E-state index >= 15 is 0 Å². The topological polar surface area (TPSA) is 52.1 Å². The largest absolute Gasteiger partial charge is 0.374 e. The lowest BCUT2D eigenvalue weighted by atomic mass is 9.76. The zero-order chi connectivity index (χ0) is 13.9. The minimum absolute atomic E-state index is 0.0148. The van der Waals surface area contributed by atoms with Crippen LogP contribution in [-0.2, 0) is 11.2 Å². The lowest BCUT2D eigenvalue weighted by Crippen LogP contribution is -2.29. The van der Waals surface area contributed by atoms with Gasteiger partial charge in [-0.05, 0) is 31.1 Å². The second kappa shape index (κ2) is 4.10. The average Bonchev–Trinajstić information content (AvgIpc) is 2.98. The number of hydrogen-bond acceptors (Lipinski definition) is 4. The van der Waals surface area contributed by atoms with Crippen LogP contribution in [-0.4, -0.2) is 28.0 Å². The van der Waals surface area contributed by atoms with Crippen LogP contribution in [0.5, 0.6) is 0 Å². The van der Waals surface area contributed by atoms with Gasteiger partial charge in [-0.15, -0.1) is 0 Å².